The van der Waals surface area contributed by atoms with Gasteiger partial charge in [0, 0.05) is 12.2 Å². The molecule has 1 heterocycles. The Bertz CT molecular complexity index is 1110. The Kier molecular flexibility index (Phi) is 8.72. The number of para-hydroxylation sites is 1. The number of anilines is 1. The molecule has 182 valence electrons. The molecule has 1 aliphatic rings. The minimum Gasteiger partial charge on any atom is -0.382 e. The third-order valence-corrected chi connectivity index (χ3v) is 6.64. The first-order valence-corrected chi connectivity index (χ1v) is 12.2. The molecule has 35 heavy (non-hydrogen) atoms. The van der Waals surface area contributed by atoms with Gasteiger partial charge in [-0.05, 0) is 29.2 Å². The van der Waals surface area contributed by atoms with E-state index in [1.54, 1.807) is 11.0 Å². The molecule has 6 heteroatoms. The van der Waals surface area contributed by atoms with Crippen LogP contribution in [0, 0.1) is 0 Å². The van der Waals surface area contributed by atoms with E-state index >= 15 is 0 Å². The summed E-state index contributed by atoms with van der Waals surface area (Å²) in [5.41, 5.74) is 3.81. The van der Waals surface area contributed by atoms with Crippen molar-refractivity contribution >= 4 is 23.2 Å². The monoisotopic (exact) mass is 491 g/mol. The van der Waals surface area contributed by atoms with Gasteiger partial charge in [-0.1, -0.05) is 84.9 Å². The summed E-state index contributed by atoms with van der Waals surface area (Å²) in [5, 5.41) is 10.0. The number of aliphatic hydroxyl groups excluding tert-OH is 1. The van der Waals surface area contributed by atoms with Crippen molar-refractivity contribution in [2.75, 3.05) is 11.4 Å². The van der Waals surface area contributed by atoms with Gasteiger partial charge in [0.2, 0.25) is 0 Å². The Balaban J connectivity index is 1.51. The van der Waals surface area contributed by atoms with E-state index in [9.17, 15) is 9.90 Å². The highest BCUT2D eigenvalue weighted by atomic mass is 35.5. The zero-order chi connectivity index (χ0) is 24.6. The van der Waals surface area contributed by atoms with E-state index in [0.29, 0.717) is 13.2 Å². The van der Waals surface area contributed by atoms with Crippen LogP contribution < -0.4 is 4.90 Å². The van der Waals surface area contributed by atoms with Crippen LogP contribution in [0.2, 0.25) is 0 Å². The maximum atomic E-state index is 13.3. The largest absolute Gasteiger partial charge is 0.382 e. The molecule has 3 aromatic carbocycles. The van der Waals surface area contributed by atoms with Gasteiger partial charge in [-0.25, -0.2) is 0 Å². The van der Waals surface area contributed by atoms with Gasteiger partial charge in [-0.15, -0.1) is 18.2 Å². The summed E-state index contributed by atoms with van der Waals surface area (Å²) < 4.78 is 12.3. The molecule has 1 amide bonds. The number of fused-ring (bicyclic) bond motifs is 1. The van der Waals surface area contributed by atoms with E-state index < -0.39 is 29.6 Å². The minimum absolute atomic E-state index is 0.251. The Labute approximate surface area is 211 Å². The SMILES string of the molecule is C=C[C@@H](OCc1ccccc1)[C@H](OCc1ccccc1)[C@H](Cl)[C@H](O)C(=O)N1CCc2ccccc21. The fraction of sp³-hybridized carbons (Fsp3) is 0.276. The van der Waals surface area contributed by atoms with Crippen LogP contribution in [0.15, 0.2) is 97.6 Å². The van der Waals surface area contributed by atoms with Crippen molar-refractivity contribution in [3.8, 4) is 0 Å². The fourth-order valence-corrected chi connectivity index (χ4v) is 4.56. The smallest absolute Gasteiger partial charge is 0.257 e. The number of carbonyl (C=O) groups excluding carboxylic acids is 1. The highest BCUT2D eigenvalue weighted by Crippen LogP contribution is 2.30. The third-order valence-electron chi connectivity index (χ3n) is 6.15. The van der Waals surface area contributed by atoms with E-state index in [2.05, 4.69) is 6.58 Å². The first-order valence-electron chi connectivity index (χ1n) is 11.7. The van der Waals surface area contributed by atoms with E-state index in [1.807, 2.05) is 84.9 Å². The van der Waals surface area contributed by atoms with Crippen LogP contribution in [-0.4, -0.2) is 41.2 Å². The third kappa shape index (κ3) is 6.19. The second-order valence-corrected chi connectivity index (χ2v) is 9.02. The van der Waals surface area contributed by atoms with Crippen molar-refractivity contribution in [2.24, 2.45) is 0 Å². The van der Waals surface area contributed by atoms with E-state index in [-0.39, 0.29) is 6.61 Å². The molecule has 3 aromatic rings. The van der Waals surface area contributed by atoms with Crippen LogP contribution in [0.1, 0.15) is 16.7 Å². The molecule has 0 saturated heterocycles. The van der Waals surface area contributed by atoms with Gasteiger partial charge in [0.05, 0.1) is 18.6 Å². The molecule has 1 aliphatic heterocycles. The van der Waals surface area contributed by atoms with E-state index in [0.717, 1.165) is 28.8 Å². The molecule has 0 fully saturated rings. The first kappa shape index (κ1) is 25.1. The number of rotatable bonds is 11. The van der Waals surface area contributed by atoms with Gasteiger partial charge >= 0.3 is 0 Å². The van der Waals surface area contributed by atoms with Gasteiger partial charge < -0.3 is 19.5 Å². The van der Waals surface area contributed by atoms with Crippen molar-refractivity contribution in [1.29, 1.82) is 0 Å². The molecule has 1 N–H and O–H groups in total. The summed E-state index contributed by atoms with van der Waals surface area (Å²) >= 11 is 6.77. The van der Waals surface area contributed by atoms with Crippen LogP contribution in [0.25, 0.3) is 0 Å². The number of hydrogen-bond acceptors (Lipinski definition) is 4. The lowest BCUT2D eigenvalue weighted by Crippen LogP contribution is -2.50. The zero-order valence-electron chi connectivity index (χ0n) is 19.5. The van der Waals surface area contributed by atoms with E-state index in [4.69, 9.17) is 21.1 Å². The normalized spacial score (nSPS) is 16.2. The van der Waals surface area contributed by atoms with Crippen LogP contribution in [0.4, 0.5) is 5.69 Å². The van der Waals surface area contributed by atoms with Crippen molar-refractivity contribution in [3.05, 3.63) is 114 Å². The zero-order valence-corrected chi connectivity index (χ0v) is 20.3. The molecular weight excluding hydrogens is 462 g/mol. The first-order chi connectivity index (χ1) is 17.1. The van der Waals surface area contributed by atoms with Gasteiger partial charge in [0.1, 0.15) is 12.2 Å². The molecule has 0 spiro atoms. The molecule has 0 aromatic heterocycles. The number of halogens is 1. The number of amides is 1. The lowest BCUT2D eigenvalue weighted by molar-refractivity contribution is -0.131. The van der Waals surface area contributed by atoms with Crippen LogP contribution in [-0.2, 0) is 33.9 Å². The maximum absolute atomic E-state index is 13.3. The fourth-order valence-electron chi connectivity index (χ4n) is 4.24. The van der Waals surface area contributed by atoms with E-state index in [1.165, 1.54) is 0 Å². The van der Waals surface area contributed by atoms with Crippen LogP contribution >= 0.6 is 11.6 Å². The Morgan fingerprint density at radius 3 is 2.14 bits per heavy atom. The highest BCUT2D eigenvalue weighted by Gasteiger charge is 2.40. The Hall–Kier alpha value is -2.96. The molecule has 5 nitrogen and oxygen atoms in total. The second-order valence-electron chi connectivity index (χ2n) is 8.52. The van der Waals surface area contributed by atoms with Gasteiger partial charge in [0.15, 0.2) is 6.10 Å². The predicted octanol–water partition coefficient (Wildman–Crippen LogP) is 4.90. The van der Waals surface area contributed by atoms with Gasteiger partial charge in [-0.3, -0.25) is 4.79 Å². The van der Waals surface area contributed by atoms with Crippen molar-refractivity contribution < 1.29 is 19.4 Å². The minimum atomic E-state index is -1.48. The number of ether oxygens (including phenoxy) is 2. The summed E-state index contributed by atoms with van der Waals surface area (Å²) in [5.74, 6) is -0.450. The Morgan fingerprint density at radius 2 is 1.51 bits per heavy atom. The number of nitrogens with zero attached hydrogens (tertiary/aromatic N) is 1. The molecular formula is C29H30ClNO4. The van der Waals surface area contributed by atoms with Gasteiger partial charge in [0.25, 0.3) is 5.91 Å². The van der Waals surface area contributed by atoms with Gasteiger partial charge in [-0.2, -0.15) is 0 Å². The lowest BCUT2D eigenvalue weighted by atomic mass is 10.0. The van der Waals surface area contributed by atoms with Crippen LogP contribution in [0.3, 0.4) is 0 Å². The van der Waals surface area contributed by atoms with Crippen molar-refractivity contribution in [1.82, 2.24) is 0 Å². The van der Waals surface area contributed by atoms with Crippen LogP contribution in [0.5, 0.6) is 0 Å². The second kappa shape index (κ2) is 12.1. The summed E-state index contributed by atoms with van der Waals surface area (Å²) in [6.07, 6.45) is -0.586. The molecule has 0 aliphatic carbocycles. The average Bonchev–Trinajstić information content (AvgIpc) is 3.34. The Morgan fingerprint density at radius 1 is 0.943 bits per heavy atom. The molecule has 0 radical (unpaired) electrons. The molecule has 4 atom stereocenters. The van der Waals surface area contributed by atoms with Crippen molar-refractivity contribution in [2.45, 2.75) is 43.3 Å². The number of hydrogen-bond donors (Lipinski definition) is 1. The molecule has 0 saturated carbocycles. The summed E-state index contributed by atoms with van der Waals surface area (Å²) in [7, 11) is 0. The molecule has 4 rings (SSSR count). The number of benzene rings is 3. The molecule has 0 bridgehead atoms. The number of carbonyl (C=O) groups is 1. The lowest BCUT2D eigenvalue weighted by Gasteiger charge is -2.32. The number of aliphatic hydroxyl groups is 1. The highest BCUT2D eigenvalue weighted by molar-refractivity contribution is 6.23. The summed E-state index contributed by atoms with van der Waals surface area (Å²) in [6.45, 7) is 4.97. The average molecular weight is 492 g/mol. The quantitative estimate of drug-likeness (QED) is 0.306. The summed E-state index contributed by atoms with van der Waals surface area (Å²) in [6, 6.07) is 27.1. The standard InChI is InChI=1S/C29H30ClNO4/c1-2-25(34-19-21-11-5-3-6-12-21)28(35-20-22-13-7-4-8-14-22)26(30)27(32)29(33)31-18-17-23-15-9-10-16-24(23)31/h2-16,25-28,32H,1,17-20H2/t25-,26-,27+,28+/m1/s1. The topological polar surface area (TPSA) is 59.0 Å². The van der Waals surface area contributed by atoms with Crippen molar-refractivity contribution in [3.63, 3.8) is 0 Å². The molecule has 0 unspecified atom stereocenters. The number of alkyl halides is 1. The predicted molar refractivity (Wildman–Crippen MR) is 138 cm³/mol. The summed E-state index contributed by atoms with van der Waals surface area (Å²) in [4.78, 5) is 14.9. The maximum Gasteiger partial charge on any atom is 0.257 e.